The topological polar surface area (TPSA) is 53.4 Å². The Kier molecular flexibility index (Phi) is 3.87. The molecule has 0 saturated carbocycles. The fourth-order valence-electron chi connectivity index (χ4n) is 3.86. The Morgan fingerprint density at radius 3 is 2.57 bits per heavy atom. The normalized spacial score (nSPS) is 25.5. The third-order valence-electron chi connectivity index (χ3n) is 4.68. The molecule has 2 atom stereocenters. The van der Waals surface area contributed by atoms with Gasteiger partial charge in [-0.25, -0.2) is 9.78 Å². The highest BCUT2D eigenvalue weighted by molar-refractivity contribution is 5.93. The molecule has 3 rings (SSSR count). The van der Waals surface area contributed by atoms with Gasteiger partial charge in [0.2, 0.25) is 0 Å². The predicted molar refractivity (Wildman–Crippen MR) is 83.0 cm³/mol. The number of fused-ring (bicyclic) bond motifs is 1. The van der Waals surface area contributed by atoms with Crippen molar-refractivity contribution in [2.75, 3.05) is 18.0 Å². The van der Waals surface area contributed by atoms with Crippen LogP contribution in [0.4, 0.5) is 5.82 Å². The monoisotopic (exact) mass is 288 g/mol. The second kappa shape index (κ2) is 5.66. The molecule has 21 heavy (non-hydrogen) atoms. The lowest BCUT2D eigenvalue weighted by Crippen LogP contribution is -2.40. The number of hydrogen-bond acceptors (Lipinski definition) is 3. The fraction of sp³-hybridized carbons (Fsp3) is 0.647. The molecular formula is C17H24N2O2. The summed E-state index contributed by atoms with van der Waals surface area (Å²) < 4.78 is 0. The zero-order chi connectivity index (χ0) is 15.0. The van der Waals surface area contributed by atoms with Gasteiger partial charge < -0.3 is 10.0 Å². The molecule has 1 N–H and O–H groups in total. The highest BCUT2D eigenvalue weighted by atomic mass is 16.4. The first-order chi connectivity index (χ1) is 10.0. The fourth-order valence-corrected chi connectivity index (χ4v) is 3.86. The van der Waals surface area contributed by atoms with E-state index in [2.05, 4.69) is 18.7 Å². The second-order valence-corrected chi connectivity index (χ2v) is 6.83. The van der Waals surface area contributed by atoms with E-state index in [1.807, 2.05) is 6.07 Å². The smallest absolute Gasteiger partial charge is 0.339 e. The Labute approximate surface area is 126 Å². The minimum atomic E-state index is -0.850. The van der Waals surface area contributed by atoms with Crippen molar-refractivity contribution >= 4 is 11.8 Å². The number of hydrogen-bond donors (Lipinski definition) is 1. The van der Waals surface area contributed by atoms with Crippen LogP contribution in [0.3, 0.4) is 0 Å². The molecule has 0 aromatic carbocycles. The van der Waals surface area contributed by atoms with E-state index in [9.17, 15) is 9.90 Å². The summed E-state index contributed by atoms with van der Waals surface area (Å²) in [5, 5.41) is 9.56. The summed E-state index contributed by atoms with van der Waals surface area (Å²) in [5.41, 5.74) is 2.64. The minimum Gasteiger partial charge on any atom is -0.478 e. The van der Waals surface area contributed by atoms with Crippen molar-refractivity contribution in [2.24, 2.45) is 11.8 Å². The third kappa shape index (κ3) is 2.89. The zero-order valence-electron chi connectivity index (χ0n) is 12.9. The summed E-state index contributed by atoms with van der Waals surface area (Å²) in [7, 11) is 0. The van der Waals surface area contributed by atoms with Gasteiger partial charge in [0, 0.05) is 18.8 Å². The average molecular weight is 288 g/mol. The number of nitrogens with zero attached hydrogens (tertiary/aromatic N) is 2. The van der Waals surface area contributed by atoms with E-state index < -0.39 is 5.97 Å². The molecule has 1 aromatic rings. The van der Waals surface area contributed by atoms with Crippen molar-refractivity contribution < 1.29 is 9.90 Å². The van der Waals surface area contributed by atoms with Gasteiger partial charge in [-0.2, -0.15) is 0 Å². The lowest BCUT2D eigenvalue weighted by Gasteiger charge is -2.37. The molecule has 2 aliphatic rings. The highest BCUT2D eigenvalue weighted by Gasteiger charge is 2.27. The van der Waals surface area contributed by atoms with Crippen molar-refractivity contribution in [3.8, 4) is 0 Å². The first-order valence-electron chi connectivity index (χ1n) is 8.05. The molecule has 1 aliphatic carbocycles. The van der Waals surface area contributed by atoms with Crippen LogP contribution >= 0.6 is 0 Å². The number of anilines is 1. The first-order valence-corrected chi connectivity index (χ1v) is 8.05. The van der Waals surface area contributed by atoms with Crippen molar-refractivity contribution in [1.82, 2.24) is 4.98 Å². The van der Waals surface area contributed by atoms with E-state index in [1.54, 1.807) is 0 Å². The van der Waals surface area contributed by atoms with Crippen LogP contribution in [-0.4, -0.2) is 29.1 Å². The van der Waals surface area contributed by atoms with E-state index in [-0.39, 0.29) is 0 Å². The summed E-state index contributed by atoms with van der Waals surface area (Å²) in [4.78, 5) is 18.6. The molecule has 0 spiro atoms. The Hall–Kier alpha value is -1.58. The number of aromatic carboxylic acids is 1. The number of rotatable bonds is 2. The SMILES string of the molecule is CC1CC(C)CN(c2nc3c(cc2C(=O)O)CCCC3)C1. The number of aromatic nitrogens is 1. The molecule has 1 fully saturated rings. The van der Waals surface area contributed by atoms with Gasteiger partial charge in [-0.05, 0) is 55.6 Å². The molecule has 0 bridgehead atoms. The Morgan fingerprint density at radius 1 is 1.24 bits per heavy atom. The summed E-state index contributed by atoms with van der Waals surface area (Å²) in [6.45, 7) is 6.30. The van der Waals surface area contributed by atoms with Crippen LogP contribution in [0.5, 0.6) is 0 Å². The van der Waals surface area contributed by atoms with E-state index in [1.165, 1.54) is 12.8 Å². The Morgan fingerprint density at radius 2 is 1.90 bits per heavy atom. The highest BCUT2D eigenvalue weighted by Crippen LogP contribution is 2.31. The molecule has 4 heteroatoms. The zero-order valence-corrected chi connectivity index (χ0v) is 12.9. The molecule has 1 saturated heterocycles. The number of pyridine rings is 1. The number of carbonyl (C=O) groups is 1. The summed E-state index contributed by atoms with van der Waals surface area (Å²) >= 11 is 0. The van der Waals surface area contributed by atoms with Crippen LogP contribution < -0.4 is 4.90 Å². The summed E-state index contributed by atoms with van der Waals surface area (Å²) in [6, 6.07) is 1.88. The summed E-state index contributed by atoms with van der Waals surface area (Å²) in [5.74, 6) is 1.03. The molecule has 114 valence electrons. The van der Waals surface area contributed by atoms with Crippen molar-refractivity contribution in [3.63, 3.8) is 0 Å². The number of carboxylic acids is 1. The Bertz CT molecular complexity index is 546. The van der Waals surface area contributed by atoms with Gasteiger partial charge >= 0.3 is 5.97 Å². The van der Waals surface area contributed by atoms with Crippen LogP contribution in [0, 0.1) is 11.8 Å². The molecule has 1 aromatic heterocycles. The van der Waals surface area contributed by atoms with Crippen molar-refractivity contribution in [2.45, 2.75) is 46.0 Å². The number of aryl methyl sites for hydroxylation is 2. The van der Waals surface area contributed by atoms with Crippen molar-refractivity contribution in [1.29, 1.82) is 0 Å². The molecule has 4 nitrogen and oxygen atoms in total. The van der Waals surface area contributed by atoms with E-state index >= 15 is 0 Å². The van der Waals surface area contributed by atoms with Crippen LogP contribution in [0.15, 0.2) is 6.07 Å². The lowest BCUT2D eigenvalue weighted by molar-refractivity contribution is 0.0696. The third-order valence-corrected chi connectivity index (χ3v) is 4.68. The van der Waals surface area contributed by atoms with Crippen LogP contribution in [0.25, 0.3) is 0 Å². The standard InChI is InChI=1S/C17H24N2O2/c1-11-7-12(2)10-19(9-11)16-14(17(20)21)8-13-5-3-4-6-15(13)18-16/h8,11-12H,3-7,9-10H2,1-2H3,(H,20,21). The maximum absolute atomic E-state index is 11.6. The largest absolute Gasteiger partial charge is 0.478 e. The van der Waals surface area contributed by atoms with Gasteiger partial charge in [-0.3, -0.25) is 0 Å². The molecule has 2 unspecified atom stereocenters. The van der Waals surface area contributed by atoms with Gasteiger partial charge in [0.25, 0.3) is 0 Å². The van der Waals surface area contributed by atoms with Crippen LogP contribution in [0.1, 0.15) is 54.7 Å². The molecule has 2 heterocycles. The lowest BCUT2D eigenvalue weighted by atomic mass is 9.91. The maximum atomic E-state index is 11.6. The van der Waals surface area contributed by atoms with Gasteiger partial charge in [0.15, 0.2) is 0 Å². The van der Waals surface area contributed by atoms with E-state index in [0.29, 0.717) is 23.2 Å². The molecule has 0 radical (unpaired) electrons. The molecular weight excluding hydrogens is 264 g/mol. The van der Waals surface area contributed by atoms with Gasteiger partial charge in [-0.15, -0.1) is 0 Å². The van der Waals surface area contributed by atoms with Crippen molar-refractivity contribution in [3.05, 3.63) is 22.9 Å². The van der Waals surface area contributed by atoms with Gasteiger partial charge in [0.05, 0.1) is 0 Å². The summed E-state index contributed by atoms with van der Waals surface area (Å²) in [6.07, 6.45) is 5.48. The van der Waals surface area contributed by atoms with Crippen LogP contribution in [0.2, 0.25) is 0 Å². The number of carboxylic acid groups (broad SMARTS) is 1. The van der Waals surface area contributed by atoms with Gasteiger partial charge in [-0.1, -0.05) is 13.8 Å². The molecule has 0 amide bonds. The molecule has 1 aliphatic heterocycles. The van der Waals surface area contributed by atoms with E-state index in [0.717, 1.165) is 43.6 Å². The average Bonchev–Trinajstić information content (AvgIpc) is 2.44. The second-order valence-electron chi connectivity index (χ2n) is 6.83. The maximum Gasteiger partial charge on any atom is 0.339 e. The van der Waals surface area contributed by atoms with Crippen LogP contribution in [-0.2, 0) is 12.8 Å². The Balaban J connectivity index is 2.01. The predicted octanol–water partition coefficient (Wildman–Crippen LogP) is 3.14. The van der Waals surface area contributed by atoms with E-state index in [4.69, 9.17) is 4.98 Å². The first kappa shape index (κ1) is 14.4. The quantitative estimate of drug-likeness (QED) is 0.908. The minimum absolute atomic E-state index is 0.386. The number of piperidine rings is 1. The van der Waals surface area contributed by atoms with Gasteiger partial charge in [0.1, 0.15) is 11.4 Å².